The van der Waals surface area contributed by atoms with Crippen molar-refractivity contribution >= 4 is 28.3 Å². The van der Waals surface area contributed by atoms with Crippen LogP contribution in [0, 0.1) is 12.7 Å². The third-order valence-corrected chi connectivity index (χ3v) is 3.65. The van der Waals surface area contributed by atoms with E-state index in [-0.39, 0.29) is 17.9 Å². The Kier molecular flexibility index (Phi) is 3.81. The zero-order chi connectivity index (χ0) is 15.7. The second-order valence-corrected chi connectivity index (χ2v) is 5.44. The highest BCUT2D eigenvalue weighted by Crippen LogP contribution is 2.18. The van der Waals surface area contributed by atoms with E-state index in [0.717, 1.165) is 5.39 Å². The van der Waals surface area contributed by atoms with Crippen LogP contribution in [0.25, 0.3) is 10.9 Å². The Hall–Kier alpha value is -2.40. The highest BCUT2D eigenvalue weighted by Gasteiger charge is 2.08. The molecule has 22 heavy (non-hydrogen) atoms. The van der Waals surface area contributed by atoms with Crippen molar-refractivity contribution in [1.29, 1.82) is 0 Å². The molecule has 1 aromatic carbocycles. The van der Waals surface area contributed by atoms with Crippen molar-refractivity contribution in [2.45, 2.75) is 13.5 Å². The molecule has 0 aliphatic rings. The maximum Gasteiger partial charge on any atom is 0.253 e. The van der Waals surface area contributed by atoms with Crippen LogP contribution in [-0.2, 0) is 6.54 Å². The summed E-state index contributed by atoms with van der Waals surface area (Å²) in [6.07, 6.45) is 1.52. The fourth-order valence-corrected chi connectivity index (χ4v) is 2.38. The fourth-order valence-electron chi connectivity index (χ4n) is 2.20. The number of benzene rings is 1. The van der Waals surface area contributed by atoms with Gasteiger partial charge in [0.05, 0.1) is 0 Å². The molecular weight excluding hydrogens is 305 g/mol. The van der Waals surface area contributed by atoms with Gasteiger partial charge in [-0.15, -0.1) is 0 Å². The van der Waals surface area contributed by atoms with Gasteiger partial charge in [0, 0.05) is 34.2 Å². The van der Waals surface area contributed by atoms with Crippen LogP contribution >= 0.6 is 11.6 Å². The standard InChI is InChI=1S/C16H13ClFN3O/c1-9-4-5-19-15(14(9)18)20-8-11-6-10-7-12(17)2-3-13(10)21-16(11)22/h2-7H,8H2,1H3,(H,19,20)(H,21,22). The van der Waals surface area contributed by atoms with Crippen LogP contribution < -0.4 is 10.9 Å². The Balaban J connectivity index is 1.92. The number of aromatic amines is 1. The lowest BCUT2D eigenvalue weighted by Crippen LogP contribution is -2.16. The molecule has 2 aromatic heterocycles. The first kappa shape index (κ1) is 14.5. The minimum Gasteiger partial charge on any atom is -0.363 e. The van der Waals surface area contributed by atoms with Crippen LogP contribution in [0.1, 0.15) is 11.1 Å². The van der Waals surface area contributed by atoms with E-state index in [2.05, 4.69) is 15.3 Å². The van der Waals surface area contributed by atoms with Gasteiger partial charge in [0.25, 0.3) is 5.56 Å². The molecule has 0 spiro atoms. The second-order valence-electron chi connectivity index (χ2n) is 5.00. The maximum atomic E-state index is 13.9. The molecule has 0 aliphatic carbocycles. The minimum atomic E-state index is -0.414. The zero-order valence-corrected chi connectivity index (χ0v) is 12.5. The van der Waals surface area contributed by atoms with E-state index in [1.54, 1.807) is 37.3 Å². The zero-order valence-electron chi connectivity index (χ0n) is 11.8. The molecule has 0 fully saturated rings. The normalized spacial score (nSPS) is 10.9. The number of aryl methyl sites for hydroxylation is 1. The minimum absolute atomic E-state index is 0.130. The molecule has 0 saturated carbocycles. The van der Waals surface area contributed by atoms with Gasteiger partial charge < -0.3 is 10.3 Å². The summed E-state index contributed by atoms with van der Waals surface area (Å²) in [6.45, 7) is 1.83. The first-order valence-corrected chi connectivity index (χ1v) is 7.09. The highest BCUT2D eigenvalue weighted by atomic mass is 35.5. The van der Waals surface area contributed by atoms with Crippen LogP contribution in [0.4, 0.5) is 10.2 Å². The van der Waals surface area contributed by atoms with E-state index in [9.17, 15) is 9.18 Å². The molecule has 0 aliphatic heterocycles. The Morgan fingerprint density at radius 3 is 2.95 bits per heavy atom. The topological polar surface area (TPSA) is 57.8 Å². The molecule has 2 N–H and O–H groups in total. The number of aromatic nitrogens is 2. The lowest BCUT2D eigenvalue weighted by atomic mass is 10.1. The molecule has 0 unspecified atom stereocenters. The van der Waals surface area contributed by atoms with E-state index in [0.29, 0.717) is 21.7 Å². The van der Waals surface area contributed by atoms with Crippen LogP contribution in [0.2, 0.25) is 5.02 Å². The van der Waals surface area contributed by atoms with Crippen molar-refractivity contribution in [1.82, 2.24) is 9.97 Å². The third kappa shape index (κ3) is 2.80. The van der Waals surface area contributed by atoms with Crippen molar-refractivity contribution in [3.63, 3.8) is 0 Å². The Morgan fingerprint density at radius 2 is 2.14 bits per heavy atom. The number of anilines is 1. The van der Waals surface area contributed by atoms with Crippen LogP contribution in [0.5, 0.6) is 0 Å². The smallest absolute Gasteiger partial charge is 0.253 e. The molecule has 4 nitrogen and oxygen atoms in total. The Morgan fingerprint density at radius 1 is 1.32 bits per heavy atom. The Labute approximate surface area is 131 Å². The van der Waals surface area contributed by atoms with E-state index in [1.165, 1.54) is 6.20 Å². The van der Waals surface area contributed by atoms with Crippen molar-refractivity contribution in [2.75, 3.05) is 5.32 Å². The SMILES string of the molecule is Cc1ccnc(NCc2cc3cc(Cl)ccc3[nH]c2=O)c1F. The van der Waals surface area contributed by atoms with E-state index < -0.39 is 5.82 Å². The number of nitrogens with zero attached hydrogens (tertiary/aromatic N) is 1. The summed E-state index contributed by atoms with van der Waals surface area (Å²) in [7, 11) is 0. The van der Waals surface area contributed by atoms with Gasteiger partial charge in [0.2, 0.25) is 0 Å². The number of nitrogens with one attached hydrogen (secondary N) is 2. The summed E-state index contributed by atoms with van der Waals surface area (Å²) in [5.41, 5.74) is 1.46. The molecule has 0 atom stereocenters. The monoisotopic (exact) mass is 317 g/mol. The number of halogens is 2. The van der Waals surface area contributed by atoms with Crippen LogP contribution in [-0.4, -0.2) is 9.97 Å². The van der Waals surface area contributed by atoms with E-state index >= 15 is 0 Å². The van der Waals surface area contributed by atoms with Gasteiger partial charge in [-0.1, -0.05) is 11.6 Å². The van der Waals surface area contributed by atoms with Gasteiger partial charge in [-0.25, -0.2) is 9.37 Å². The van der Waals surface area contributed by atoms with Gasteiger partial charge in [-0.3, -0.25) is 4.79 Å². The van der Waals surface area contributed by atoms with Gasteiger partial charge in [0.1, 0.15) is 0 Å². The molecule has 0 amide bonds. The Bertz CT molecular complexity index is 908. The van der Waals surface area contributed by atoms with Crippen LogP contribution in [0.15, 0.2) is 41.3 Å². The predicted octanol–water partition coefficient (Wildman–Crippen LogP) is 3.64. The average molecular weight is 318 g/mol. The summed E-state index contributed by atoms with van der Waals surface area (Å²) in [4.78, 5) is 18.8. The highest BCUT2D eigenvalue weighted by molar-refractivity contribution is 6.31. The average Bonchev–Trinajstić information content (AvgIpc) is 2.49. The van der Waals surface area contributed by atoms with E-state index in [1.807, 2.05) is 0 Å². The second kappa shape index (κ2) is 5.77. The molecule has 112 valence electrons. The maximum absolute atomic E-state index is 13.9. The van der Waals surface area contributed by atoms with Gasteiger partial charge in [-0.05, 0) is 42.8 Å². The molecule has 3 rings (SSSR count). The summed E-state index contributed by atoms with van der Waals surface area (Å²) in [5.74, 6) is -0.284. The molecule has 0 radical (unpaired) electrons. The molecule has 2 heterocycles. The summed E-state index contributed by atoms with van der Waals surface area (Å²) >= 11 is 5.95. The number of fused-ring (bicyclic) bond motifs is 1. The largest absolute Gasteiger partial charge is 0.363 e. The molecular formula is C16H13ClFN3O. The lowest BCUT2D eigenvalue weighted by molar-refractivity contribution is 0.615. The number of pyridine rings is 2. The van der Waals surface area contributed by atoms with E-state index in [4.69, 9.17) is 11.6 Å². The van der Waals surface area contributed by atoms with Crippen molar-refractivity contribution in [3.05, 3.63) is 68.8 Å². The third-order valence-electron chi connectivity index (χ3n) is 3.41. The van der Waals surface area contributed by atoms with Gasteiger partial charge >= 0.3 is 0 Å². The summed E-state index contributed by atoms with van der Waals surface area (Å²) in [5, 5.41) is 4.26. The number of rotatable bonds is 3. The van der Waals surface area contributed by atoms with Crippen LogP contribution in [0.3, 0.4) is 0 Å². The summed E-state index contributed by atoms with van der Waals surface area (Å²) in [6, 6.07) is 8.55. The first-order chi connectivity index (χ1) is 10.5. The number of hydrogen-bond acceptors (Lipinski definition) is 3. The molecule has 6 heteroatoms. The van der Waals surface area contributed by atoms with Crippen molar-refractivity contribution in [3.8, 4) is 0 Å². The van der Waals surface area contributed by atoms with Crippen molar-refractivity contribution in [2.24, 2.45) is 0 Å². The number of hydrogen-bond donors (Lipinski definition) is 2. The molecule has 3 aromatic rings. The lowest BCUT2D eigenvalue weighted by Gasteiger charge is -2.08. The number of H-pyrrole nitrogens is 1. The van der Waals surface area contributed by atoms with Crippen molar-refractivity contribution < 1.29 is 4.39 Å². The fraction of sp³-hybridized carbons (Fsp3) is 0.125. The molecule has 0 bridgehead atoms. The first-order valence-electron chi connectivity index (χ1n) is 6.71. The van der Waals surface area contributed by atoms with Gasteiger partial charge in [0.15, 0.2) is 11.6 Å². The summed E-state index contributed by atoms with van der Waals surface area (Å²) < 4.78 is 13.9. The quantitative estimate of drug-likeness (QED) is 0.775. The predicted molar refractivity (Wildman–Crippen MR) is 85.8 cm³/mol. The van der Waals surface area contributed by atoms with Gasteiger partial charge in [-0.2, -0.15) is 0 Å². The molecule has 0 saturated heterocycles.